The summed E-state index contributed by atoms with van der Waals surface area (Å²) < 4.78 is 31.7. The van der Waals surface area contributed by atoms with Gasteiger partial charge in [0.15, 0.2) is 37.4 Å². The molecule has 0 aliphatic carbocycles. The third-order valence-electron chi connectivity index (χ3n) is 8.18. The lowest BCUT2D eigenvalue weighted by molar-refractivity contribution is -0.449. The predicted octanol–water partition coefficient (Wildman–Crippen LogP) is -9.82. The van der Waals surface area contributed by atoms with Gasteiger partial charge in [-0.25, -0.2) is 9.78 Å². The second-order valence-corrected chi connectivity index (χ2v) is 11.2. The highest BCUT2D eigenvalue weighted by molar-refractivity contribution is 4.96. The summed E-state index contributed by atoms with van der Waals surface area (Å²) in [6.07, 6.45) is -36.1. The lowest BCUT2D eigenvalue weighted by atomic mass is 9.96. The van der Waals surface area contributed by atoms with Crippen LogP contribution in [-0.2, 0) is 38.2 Å². The third kappa shape index (κ3) is 7.63. The number of hydrogen-bond donors (Lipinski definition) is 14. The van der Waals surface area contributed by atoms with Gasteiger partial charge in [0.2, 0.25) is 0 Å². The molecule has 4 heterocycles. The first-order chi connectivity index (χ1) is 21.8. The van der Waals surface area contributed by atoms with E-state index in [1.807, 2.05) is 0 Å². The highest BCUT2D eigenvalue weighted by Gasteiger charge is 2.54. The van der Waals surface area contributed by atoms with Crippen LogP contribution in [0.4, 0.5) is 0 Å². The maximum absolute atomic E-state index is 10.9. The second-order valence-electron chi connectivity index (χ2n) is 11.2. The minimum absolute atomic E-state index is 0.833. The van der Waals surface area contributed by atoms with Gasteiger partial charge in [-0.05, 0) is 0 Å². The first-order valence-corrected chi connectivity index (χ1v) is 14.3. The summed E-state index contributed by atoms with van der Waals surface area (Å²) in [6.45, 7) is -3.46. The average Bonchev–Trinajstić information content (AvgIpc) is 3.04. The van der Waals surface area contributed by atoms with Crippen LogP contribution in [0.1, 0.15) is 0 Å². The molecule has 0 aromatic heterocycles. The van der Waals surface area contributed by atoms with Gasteiger partial charge >= 0.3 is 0 Å². The van der Waals surface area contributed by atoms with E-state index in [2.05, 4.69) is 0 Å². The topological polar surface area (TPSA) is 357 Å². The molecule has 0 aromatic carbocycles. The van der Waals surface area contributed by atoms with Crippen LogP contribution < -0.4 is 0 Å². The fourth-order valence-corrected chi connectivity index (χ4v) is 5.47. The Morgan fingerprint density at radius 3 is 0.978 bits per heavy atom. The van der Waals surface area contributed by atoms with E-state index in [4.69, 9.17) is 38.2 Å². The molecule has 22 heteroatoms. The van der Waals surface area contributed by atoms with Crippen molar-refractivity contribution in [2.75, 3.05) is 26.4 Å². The molecule has 14 N–H and O–H groups in total. The van der Waals surface area contributed by atoms with Crippen molar-refractivity contribution in [1.29, 1.82) is 0 Å². The molecule has 4 saturated heterocycles. The molecule has 0 saturated carbocycles. The third-order valence-corrected chi connectivity index (χ3v) is 8.18. The molecule has 22 nitrogen and oxygen atoms in total. The van der Waals surface area contributed by atoms with Crippen LogP contribution in [0.3, 0.4) is 0 Å². The van der Waals surface area contributed by atoms with E-state index in [-0.39, 0.29) is 0 Å². The molecule has 4 aliphatic heterocycles. The lowest BCUT2D eigenvalue weighted by Gasteiger charge is -2.47. The number of aliphatic hydroxyl groups excluding tert-OH is 14. The van der Waals surface area contributed by atoms with Gasteiger partial charge in [-0.15, -0.1) is 0 Å². The molecule has 4 rings (SSSR count). The zero-order chi connectivity index (χ0) is 34.0. The molecule has 0 radical (unpaired) electrons. The van der Waals surface area contributed by atoms with Crippen molar-refractivity contribution < 1.29 is 110 Å². The molecule has 20 atom stereocenters. The Labute approximate surface area is 259 Å². The van der Waals surface area contributed by atoms with Crippen molar-refractivity contribution >= 4 is 0 Å². The molecular formula is C24H42O22. The quantitative estimate of drug-likeness (QED) is 0.0710. The standard InChI is InChI=1S/C24H42O22/c25-1-5-9(29)19(15(35)23(41-5)43-17-7(3-27)39-21(37)13(33)11(17)31)45-46-20-10(30)6(2-26)42-24(16(20)36)44-18-8(4-28)40-22(38)14(34)12(18)32/h5-38H,1-4H2/t5-,6-,7-,8-,9-,10-,11-,12-,13-,14-,15-,16-,17-,18-,19+,20+,21-,22-,23-,24-/m1/s1. The van der Waals surface area contributed by atoms with Crippen LogP contribution in [0.15, 0.2) is 0 Å². The van der Waals surface area contributed by atoms with E-state index >= 15 is 0 Å². The zero-order valence-electron chi connectivity index (χ0n) is 23.9. The molecule has 4 aliphatic rings. The fourth-order valence-electron chi connectivity index (χ4n) is 5.47. The maximum Gasteiger partial charge on any atom is 0.187 e. The van der Waals surface area contributed by atoms with Crippen molar-refractivity contribution in [3.8, 4) is 0 Å². The number of rotatable bonds is 11. The average molecular weight is 683 g/mol. The Morgan fingerprint density at radius 1 is 0.348 bits per heavy atom. The molecule has 0 aromatic rings. The smallest absolute Gasteiger partial charge is 0.187 e. The van der Waals surface area contributed by atoms with E-state index in [9.17, 15) is 71.5 Å². The van der Waals surface area contributed by atoms with Gasteiger partial charge in [-0.1, -0.05) is 0 Å². The monoisotopic (exact) mass is 682 g/mol. The molecule has 46 heavy (non-hydrogen) atoms. The minimum Gasteiger partial charge on any atom is -0.394 e. The minimum atomic E-state index is -2.05. The van der Waals surface area contributed by atoms with E-state index in [1.54, 1.807) is 0 Å². The van der Waals surface area contributed by atoms with Gasteiger partial charge in [0.25, 0.3) is 0 Å². The van der Waals surface area contributed by atoms with E-state index < -0.39 is 149 Å². The van der Waals surface area contributed by atoms with Crippen LogP contribution in [0.25, 0.3) is 0 Å². The Morgan fingerprint density at radius 2 is 0.674 bits per heavy atom. The van der Waals surface area contributed by atoms with Gasteiger partial charge in [-0.3, -0.25) is 0 Å². The van der Waals surface area contributed by atoms with E-state index in [0.717, 1.165) is 0 Å². The number of ether oxygens (including phenoxy) is 6. The summed E-state index contributed by atoms with van der Waals surface area (Å²) in [5.41, 5.74) is 0. The summed E-state index contributed by atoms with van der Waals surface area (Å²) in [5.74, 6) is 0. The molecule has 270 valence electrons. The van der Waals surface area contributed by atoms with Crippen LogP contribution in [0.5, 0.6) is 0 Å². The Kier molecular flexibility index (Phi) is 13.4. The molecule has 0 unspecified atom stereocenters. The van der Waals surface area contributed by atoms with Crippen molar-refractivity contribution in [2.24, 2.45) is 0 Å². The zero-order valence-corrected chi connectivity index (χ0v) is 23.9. The van der Waals surface area contributed by atoms with Crippen molar-refractivity contribution in [2.45, 2.75) is 123 Å². The summed E-state index contributed by atoms with van der Waals surface area (Å²) in [7, 11) is 0. The Balaban J connectivity index is 1.48. The van der Waals surface area contributed by atoms with Crippen molar-refractivity contribution in [3.63, 3.8) is 0 Å². The van der Waals surface area contributed by atoms with Crippen LogP contribution in [-0.4, -0.2) is 221 Å². The molecule has 4 fully saturated rings. The summed E-state index contributed by atoms with van der Waals surface area (Å²) in [6, 6.07) is 0. The van der Waals surface area contributed by atoms with E-state index in [0.29, 0.717) is 0 Å². The first-order valence-electron chi connectivity index (χ1n) is 14.3. The fraction of sp³-hybridized carbons (Fsp3) is 1.00. The maximum atomic E-state index is 10.9. The normalized spacial score (nSPS) is 52.0. The summed E-state index contributed by atoms with van der Waals surface area (Å²) >= 11 is 0. The van der Waals surface area contributed by atoms with Crippen LogP contribution in [0, 0.1) is 0 Å². The van der Waals surface area contributed by atoms with Gasteiger partial charge < -0.3 is 99.9 Å². The second kappa shape index (κ2) is 16.2. The number of aliphatic hydroxyl groups is 14. The molecule has 0 bridgehead atoms. The summed E-state index contributed by atoms with van der Waals surface area (Å²) in [4.78, 5) is 10.4. The van der Waals surface area contributed by atoms with Gasteiger partial charge in [0.1, 0.15) is 85.5 Å². The van der Waals surface area contributed by atoms with Crippen LogP contribution >= 0.6 is 0 Å². The van der Waals surface area contributed by atoms with Crippen molar-refractivity contribution in [1.82, 2.24) is 0 Å². The number of hydrogen-bond acceptors (Lipinski definition) is 22. The van der Waals surface area contributed by atoms with Gasteiger partial charge in [0.05, 0.1) is 26.4 Å². The lowest BCUT2D eigenvalue weighted by Crippen LogP contribution is -2.66. The molecular weight excluding hydrogens is 640 g/mol. The van der Waals surface area contributed by atoms with Gasteiger partial charge in [0, 0.05) is 0 Å². The highest BCUT2D eigenvalue weighted by Crippen LogP contribution is 2.33. The highest BCUT2D eigenvalue weighted by atomic mass is 17.2. The SMILES string of the molecule is OC[C@H]1O[C@H](O[C@H]2[C@H](O)[C@@H](O)[C@H](O)O[C@@H]2CO)[C@H](O)[C@@H](OO[C@@H]2[C@@H](O)[C@@H](O[C@H]3[C@H](O)[C@@H](O)[C@H](O)O[C@@H]3CO)O[C@H](CO)[C@H]2O)[C@@H]1O. The molecule has 0 spiro atoms. The van der Waals surface area contributed by atoms with Gasteiger partial charge in [-0.2, -0.15) is 0 Å². The Hall–Kier alpha value is -0.880. The summed E-state index contributed by atoms with van der Waals surface area (Å²) in [5, 5.41) is 142. The Bertz CT molecular complexity index is 858. The predicted molar refractivity (Wildman–Crippen MR) is 135 cm³/mol. The van der Waals surface area contributed by atoms with Crippen LogP contribution in [0.2, 0.25) is 0 Å². The first kappa shape index (κ1) is 37.9. The molecule has 0 amide bonds. The van der Waals surface area contributed by atoms with E-state index in [1.165, 1.54) is 0 Å². The largest absolute Gasteiger partial charge is 0.394 e. The van der Waals surface area contributed by atoms with Crippen molar-refractivity contribution in [3.05, 3.63) is 0 Å².